The minimum absolute atomic E-state index is 0.0646. The van der Waals surface area contributed by atoms with Crippen molar-refractivity contribution in [2.24, 2.45) is 0 Å². The van der Waals surface area contributed by atoms with Crippen LogP contribution in [0, 0.1) is 0 Å². The zero-order valence-corrected chi connectivity index (χ0v) is 9.77. The molecule has 0 aromatic carbocycles. The summed E-state index contributed by atoms with van der Waals surface area (Å²) < 4.78 is 0. The molecule has 0 fully saturated rings. The van der Waals surface area contributed by atoms with Crippen molar-refractivity contribution in [3.05, 3.63) is 42.4 Å². The Morgan fingerprint density at radius 3 is 2.76 bits per heavy atom. The topological polar surface area (TPSA) is 61.0 Å². The lowest BCUT2D eigenvalue weighted by Crippen LogP contribution is -2.25. The lowest BCUT2D eigenvalue weighted by molar-refractivity contribution is 0.0993. The first-order valence-corrected chi connectivity index (χ1v) is 5.27. The first kappa shape index (κ1) is 11.2. The molecule has 2 heterocycles. The highest BCUT2D eigenvalue weighted by Crippen LogP contribution is 2.15. The van der Waals surface area contributed by atoms with E-state index in [2.05, 4.69) is 15.3 Å². The van der Waals surface area contributed by atoms with Gasteiger partial charge in [-0.1, -0.05) is 0 Å². The Morgan fingerprint density at radius 2 is 2.24 bits per heavy atom. The van der Waals surface area contributed by atoms with Crippen LogP contribution in [0.2, 0.25) is 0 Å². The van der Waals surface area contributed by atoms with E-state index < -0.39 is 0 Å². The summed E-state index contributed by atoms with van der Waals surface area (Å²) in [7, 11) is 3.53. The Balaban J connectivity index is 2.19. The van der Waals surface area contributed by atoms with Gasteiger partial charge in [-0.15, -0.1) is 0 Å². The van der Waals surface area contributed by atoms with Crippen LogP contribution in [0.3, 0.4) is 0 Å². The number of carbonyl (C=O) groups is 1. The third-order valence-electron chi connectivity index (χ3n) is 2.54. The van der Waals surface area contributed by atoms with Gasteiger partial charge in [0.15, 0.2) is 0 Å². The molecule has 2 rings (SSSR count). The van der Waals surface area contributed by atoms with Crippen molar-refractivity contribution in [1.29, 1.82) is 0 Å². The average molecular weight is 230 g/mol. The molecular formula is C12H14N4O. The van der Waals surface area contributed by atoms with Gasteiger partial charge in [0.1, 0.15) is 5.82 Å². The fourth-order valence-electron chi connectivity index (χ4n) is 1.50. The quantitative estimate of drug-likeness (QED) is 0.844. The number of rotatable bonds is 3. The highest BCUT2D eigenvalue weighted by atomic mass is 16.2. The highest BCUT2D eigenvalue weighted by Gasteiger charge is 2.13. The van der Waals surface area contributed by atoms with Crippen LogP contribution in [0.25, 0.3) is 0 Å². The molecule has 2 aromatic rings. The number of aromatic nitrogens is 2. The maximum absolute atomic E-state index is 12.0. The second-order valence-electron chi connectivity index (χ2n) is 3.62. The van der Waals surface area contributed by atoms with E-state index in [0.29, 0.717) is 5.56 Å². The smallest absolute Gasteiger partial charge is 0.259 e. The summed E-state index contributed by atoms with van der Waals surface area (Å²) in [4.78, 5) is 20.6. The molecule has 0 aliphatic heterocycles. The van der Waals surface area contributed by atoms with E-state index in [1.165, 1.54) is 0 Å². The van der Waals surface area contributed by atoms with Gasteiger partial charge in [-0.2, -0.15) is 0 Å². The number of hydrogen-bond donors (Lipinski definition) is 2. The zero-order chi connectivity index (χ0) is 12.3. The summed E-state index contributed by atoms with van der Waals surface area (Å²) in [6, 6.07) is 5.42. The standard InChI is InChI=1S/C12H14N4O/c1-13-11-4-3-10(8-15-11)16(2)12(17)9-5-6-14-7-9/h3-8,14H,1-2H3,(H,13,15). The maximum Gasteiger partial charge on any atom is 0.259 e. The normalized spacial score (nSPS) is 10.0. The van der Waals surface area contributed by atoms with Gasteiger partial charge in [0.05, 0.1) is 17.4 Å². The summed E-state index contributed by atoms with van der Waals surface area (Å²) >= 11 is 0. The molecule has 0 aliphatic carbocycles. The van der Waals surface area contributed by atoms with Crippen molar-refractivity contribution < 1.29 is 4.79 Å². The Morgan fingerprint density at radius 1 is 1.41 bits per heavy atom. The van der Waals surface area contributed by atoms with Crippen molar-refractivity contribution in [2.75, 3.05) is 24.3 Å². The van der Waals surface area contributed by atoms with Gasteiger partial charge in [0.25, 0.3) is 5.91 Å². The predicted octanol–water partition coefficient (Wildman–Crippen LogP) is 1.73. The fraction of sp³-hybridized carbons (Fsp3) is 0.167. The molecule has 0 aliphatic rings. The van der Waals surface area contributed by atoms with E-state index in [9.17, 15) is 4.79 Å². The number of nitrogens with one attached hydrogen (secondary N) is 2. The van der Waals surface area contributed by atoms with Crippen molar-refractivity contribution in [3.63, 3.8) is 0 Å². The van der Waals surface area contributed by atoms with Crippen molar-refractivity contribution in [1.82, 2.24) is 9.97 Å². The summed E-state index contributed by atoms with van der Waals surface area (Å²) in [5.74, 6) is 0.710. The Labute approximate surface area is 99.5 Å². The fourth-order valence-corrected chi connectivity index (χ4v) is 1.50. The lowest BCUT2D eigenvalue weighted by atomic mass is 10.3. The zero-order valence-electron chi connectivity index (χ0n) is 9.77. The van der Waals surface area contributed by atoms with Crippen molar-refractivity contribution >= 4 is 17.4 Å². The second-order valence-corrected chi connectivity index (χ2v) is 3.62. The third-order valence-corrected chi connectivity index (χ3v) is 2.54. The maximum atomic E-state index is 12.0. The van der Waals surface area contributed by atoms with Crippen LogP contribution in [0.15, 0.2) is 36.8 Å². The molecule has 5 nitrogen and oxygen atoms in total. The number of H-pyrrole nitrogens is 1. The van der Waals surface area contributed by atoms with Crippen LogP contribution in [0.1, 0.15) is 10.4 Å². The summed E-state index contributed by atoms with van der Waals surface area (Å²) in [5.41, 5.74) is 1.39. The molecule has 1 amide bonds. The van der Waals surface area contributed by atoms with Gasteiger partial charge in [-0.3, -0.25) is 4.79 Å². The number of hydrogen-bond acceptors (Lipinski definition) is 3. The predicted molar refractivity (Wildman–Crippen MR) is 67.3 cm³/mol. The minimum atomic E-state index is -0.0646. The van der Waals surface area contributed by atoms with Gasteiger partial charge < -0.3 is 15.2 Å². The molecule has 5 heteroatoms. The molecule has 2 aromatic heterocycles. The molecule has 0 radical (unpaired) electrons. The number of anilines is 2. The SMILES string of the molecule is CNc1ccc(N(C)C(=O)c2cc[nH]c2)cn1. The van der Waals surface area contributed by atoms with Crippen LogP contribution >= 0.6 is 0 Å². The van der Waals surface area contributed by atoms with E-state index in [1.807, 2.05) is 12.1 Å². The minimum Gasteiger partial charge on any atom is -0.373 e. The van der Waals surface area contributed by atoms with E-state index in [-0.39, 0.29) is 5.91 Å². The molecule has 0 saturated carbocycles. The first-order chi connectivity index (χ1) is 8.22. The van der Waals surface area contributed by atoms with Crippen molar-refractivity contribution in [2.45, 2.75) is 0 Å². The van der Waals surface area contributed by atoms with Gasteiger partial charge in [-0.25, -0.2) is 4.98 Å². The number of amides is 1. The number of nitrogens with zero attached hydrogens (tertiary/aromatic N) is 2. The molecule has 0 saturated heterocycles. The molecular weight excluding hydrogens is 216 g/mol. The van der Waals surface area contributed by atoms with Crippen LogP contribution in [-0.4, -0.2) is 30.0 Å². The van der Waals surface area contributed by atoms with Crippen LogP contribution in [0.5, 0.6) is 0 Å². The number of carbonyl (C=O) groups excluding carboxylic acids is 1. The second kappa shape index (κ2) is 4.69. The van der Waals surface area contributed by atoms with Crippen LogP contribution in [0.4, 0.5) is 11.5 Å². The summed E-state index contributed by atoms with van der Waals surface area (Å²) in [6.45, 7) is 0. The Kier molecular flexibility index (Phi) is 3.09. The molecule has 0 unspecified atom stereocenters. The van der Waals surface area contributed by atoms with Gasteiger partial charge in [-0.05, 0) is 18.2 Å². The first-order valence-electron chi connectivity index (χ1n) is 5.27. The molecule has 0 spiro atoms. The third kappa shape index (κ3) is 2.28. The lowest BCUT2D eigenvalue weighted by Gasteiger charge is -2.16. The highest BCUT2D eigenvalue weighted by molar-refractivity contribution is 6.05. The number of aromatic amines is 1. The van der Waals surface area contributed by atoms with Crippen LogP contribution < -0.4 is 10.2 Å². The largest absolute Gasteiger partial charge is 0.373 e. The Hall–Kier alpha value is -2.30. The van der Waals surface area contributed by atoms with E-state index >= 15 is 0 Å². The molecule has 0 bridgehead atoms. The van der Waals surface area contributed by atoms with Gasteiger partial charge in [0.2, 0.25) is 0 Å². The van der Waals surface area contributed by atoms with Crippen molar-refractivity contribution in [3.8, 4) is 0 Å². The van der Waals surface area contributed by atoms with E-state index in [4.69, 9.17) is 0 Å². The van der Waals surface area contributed by atoms with Gasteiger partial charge >= 0.3 is 0 Å². The molecule has 17 heavy (non-hydrogen) atoms. The average Bonchev–Trinajstić information content (AvgIpc) is 2.91. The summed E-state index contributed by atoms with van der Waals surface area (Å²) in [5, 5.41) is 2.93. The Bertz CT molecular complexity index is 490. The molecule has 0 atom stereocenters. The van der Waals surface area contributed by atoms with E-state index in [1.54, 1.807) is 43.7 Å². The monoisotopic (exact) mass is 230 g/mol. The van der Waals surface area contributed by atoms with Crippen LogP contribution in [-0.2, 0) is 0 Å². The molecule has 2 N–H and O–H groups in total. The summed E-state index contributed by atoms with van der Waals surface area (Å²) in [6.07, 6.45) is 5.06. The van der Waals surface area contributed by atoms with Gasteiger partial charge in [0, 0.05) is 26.5 Å². The van der Waals surface area contributed by atoms with E-state index in [0.717, 1.165) is 11.5 Å². The molecule has 88 valence electrons. The number of pyridine rings is 1.